The van der Waals surface area contributed by atoms with E-state index in [4.69, 9.17) is 4.74 Å². The lowest BCUT2D eigenvalue weighted by Gasteiger charge is -2.21. The fourth-order valence-electron chi connectivity index (χ4n) is 3.78. The molecule has 108 valence electrons. The number of alkyl halides is 3. The van der Waals surface area contributed by atoms with Gasteiger partial charge in [0.1, 0.15) is 5.57 Å². The maximum absolute atomic E-state index is 13.1. The summed E-state index contributed by atoms with van der Waals surface area (Å²) >= 11 is 0. The zero-order valence-electron chi connectivity index (χ0n) is 10.7. The van der Waals surface area contributed by atoms with Gasteiger partial charge in [0, 0.05) is 11.8 Å². The van der Waals surface area contributed by atoms with E-state index in [0.717, 1.165) is 0 Å². The standard InChI is InChI=1S/C14H13F3O3/c1-2-20-13(19)10-8-6-3-4-7(5-6)9(8)12(18)11(10)14(15,16)17/h3-4,6-9H,2,5H2,1H3/t6-,7+,8+,9-/m1/s1. The lowest BCUT2D eigenvalue weighted by molar-refractivity contribution is -0.141. The molecule has 6 heteroatoms. The Bertz CT molecular complexity index is 544. The monoisotopic (exact) mass is 286 g/mol. The first-order chi connectivity index (χ1) is 9.36. The van der Waals surface area contributed by atoms with Crippen molar-refractivity contribution in [1.82, 2.24) is 0 Å². The molecular formula is C14H13F3O3. The summed E-state index contributed by atoms with van der Waals surface area (Å²) in [5.41, 5.74) is -1.74. The van der Waals surface area contributed by atoms with Gasteiger partial charge in [-0.25, -0.2) is 4.79 Å². The van der Waals surface area contributed by atoms with Crippen LogP contribution in [0.5, 0.6) is 0 Å². The molecule has 20 heavy (non-hydrogen) atoms. The Morgan fingerprint density at radius 3 is 2.45 bits per heavy atom. The van der Waals surface area contributed by atoms with Crippen LogP contribution in [0.3, 0.4) is 0 Å². The molecule has 0 saturated heterocycles. The highest BCUT2D eigenvalue weighted by molar-refractivity contribution is 6.11. The van der Waals surface area contributed by atoms with Crippen LogP contribution in [0.25, 0.3) is 0 Å². The van der Waals surface area contributed by atoms with Crippen molar-refractivity contribution in [2.75, 3.05) is 6.61 Å². The molecule has 0 aromatic carbocycles. The van der Waals surface area contributed by atoms with E-state index in [2.05, 4.69) is 0 Å². The zero-order valence-corrected chi connectivity index (χ0v) is 10.7. The second kappa shape index (κ2) is 4.20. The fourth-order valence-corrected chi connectivity index (χ4v) is 3.78. The molecule has 0 aromatic rings. The maximum Gasteiger partial charge on any atom is 0.420 e. The maximum atomic E-state index is 13.1. The Balaban J connectivity index is 2.10. The first-order valence-electron chi connectivity index (χ1n) is 6.57. The SMILES string of the molecule is CCOC(=O)C1=C(C(F)(F)F)C(=O)[C@H]2[C@@H]1[C@@H]1C=C[C@H]2C1. The Kier molecular flexibility index (Phi) is 2.81. The van der Waals surface area contributed by atoms with Gasteiger partial charge in [0.25, 0.3) is 0 Å². The molecule has 0 aliphatic heterocycles. The summed E-state index contributed by atoms with van der Waals surface area (Å²) in [7, 11) is 0. The highest BCUT2D eigenvalue weighted by Gasteiger charge is 2.61. The quantitative estimate of drug-likeness (QED) is 0.578. The first-order valence-corrected chi connectivity index (χ1v) is 6.57. The number of ether oxygens (including phenoxy) is 1. The lowest BCUT2D eigenvalue weighted by atomic mass is 9.82. The molecule has 1 saturated carbocycles. The number of carbonyl (C=O) groups excluding carboxylic acids is 2. The van der Waals surface area contributed by atoms with E-state index >= 15 is 0 Å². The van der Waals surface area contributed by atoms with Gasteiger partial charge in [0.15, 0.2) is 5.78 Å². The average molecular weight is 286 g/mol. The summed E-state index contributed by atoms with van der Waals surface area (Å²) in [6.07, 6.45) is -0.540. The van der Waals surface area contributed by atoms with Gasteiger partial charge in [-0.05, 0) is 25.2 Å². The van der Waals surface area contributed by atoms with Crippen molar-refractivity contribution >= 4 is 11.8 Å². The van der Waals surface area contributed by atoms with Crippen LogP contribution in [-0.2, 0) is 14.3 Å². The number of fused-ring (bicyclic) bond motifs is 5. The minimum Gasteiger partial charge on any atom is -0.463 e. The normalized spacial score (nSPS) is 34.9. The van der Waals surface area contributed by atoms with E-state index in [1.165, 1.54) is 6.92 Å². The predicted octanol–water partition coefficient (Wildman–Crippen LogP) is 2.43. The van der Waals surface area contributed by atoms with Crippen LogP contribution in [0, 0.1) is 23.7 Å². The molecular weight excluding hydrogens is 273 g/mol. The third-order valence-electron chi connectivity index (χ3n) is 4.39. The van der Waals surface area contributed by atoms with Gasteiger partial charge in [0.05, 0.1) is 12.2 Å². The van der Waals surface area contributed by atoms with Gasteiger partial charge in [0.2, 0.25) is 0 Å². The number of esters is 1. The zero-order chi connectivity index (χ0) is 14.7. The van der Waals surface area contributed by atoms with Gasteiger partial charge < -0.3 is 4.74 Å². The molecule has 3 nitrogen and oxygen atoms in total. The Hall–Kier alpha value is -1.59. The largest absolute Gasteiger partial charge is 0.463 e. The number of carbonyl (C=O) groups is 2. The number of ketones is 1. The number of hydrogen-bond acceptors (Lipinski definition) is 3. The molecule has 3 rings (SSSR count). The van der Waals surface area contributed by atoms with Crippen molar-refractivity contribution in [3.8, 4) is 0 Å². The second-order valence-electron chi connectivity index (χ2n) is 5.37. The average Bonchev–Trinajstić information content (AvgIpc) is 2.99. The summed E-state index contributed by atoms with van der Waals surface area (Å²) in [6.45, 7) is 1.52. The third-order valence-corrected chi connectivity index (χ3v) is 4.39. The van der Waals surface area contributed by atoms with E-state index in [1.807, 2.05) is 6.08 Å². The van der Waals surface area contributed by atoms with Crippen LogP contribution in [0.4, 0.5) is 13.2 Å². The van der Waals surface area contributed by atoms with E-state index < -0.39 is 40.9 Å². The summed E-state index contributed by atoms with van der Waals surface area (Å²) in [4.78, 5) is 24.0. The predicted molar refractivity (Wildman–Crippen MR) is 62.4 cm³/mol. The Morgan fingerprint density at radius 2 is 1.90 bits per heavy atom. The number of hydrogen-bond donors (Lipinski definition) is 0. The fraction of sp³-hybridized carbons (Fsp3) is 0.571. The number of Topliss-reactive ketones (excluding diaryl/α,β-unsaturated/α-hetero) is 1. The van der Waals surface area contributed by atoms with E-state index in [0.29, 0.717) is 6.42 Å². The lowest BCUT2D eigenvalue weighted by Crippen LogP contribution is -2.25. The molecule has 0 radical (unpaired) electrons. The second-order valence-corrected chi connectivity index (χ2v) is 5.37. The molecule has 1 fully saturated rings. The van der Waals surface area contributed by atoms with Crippen LogP contribution < -0.4 is 0 Å². The van der Waals surface area contributed by atoms with Gasteiger partial charge in [-0.1, -0.05) is 12.2 Å². The van der Waals surface area contributed by atoms with E-state index in [1.54, 1.807) is 6.08 Å². The highest BCUT2D eigenvalue weighted by atomic mass is 19.4. The van der Waals surface area contributed by atoms with Gasteiger partial charge in [-0.2, -0.15) is 13.2 Å². The minimum absolute atomic E-state index is 0.0109. The molecule has 0 unspecified atom stereocenters. The molecule has 3 aliphatic rings. The molecule has 4 atom stereocenters. The number of halogens is 3. The Morgan fingerprint density at radius 1 is 1.30 bits per heavy atom. The van der Waals surface area contributed by atoms with Crippen molar-refractivity contribution in [2.45, 2.75) is 19.5 Å². The van der Waals surface area contributed by atoms with Crippen molar-refractivity contribution in [3.63, 3.8) is 0 Å². The summed E-state index contributed by atoms with van der Waals surface area (Å²) in [5.74, 6) is -3.67. The van der Waals surface area contributed by atoms with Crippen molar-refractivity contribution in [1.29, 1.82) is 0 Å². The van der Waals surface area contributed by atoms with Crippen LogP contribution in [-0.4, -0.2) is 24.5 Å². The molecule has 0 amide bonds. The molecule has 0 heterocycles. The first kappa shape index (κ1) is 13.4. The van der Waals surface area contributed by atoms with E-state index in [9.17, 15) is 22.8 Å². The molecule has 2 bridgehead atoms. The van der Waals surface area contributed by atoms with Crippen LogP contribution >= 0.6 is 0 Å². The number of allylic oxidation sites excluding steroid dienone is 3. The summed E-state index contributed by atoms with van der Waals surface area (Å²) in [6, 6.07) is 0. The van der Waals surface area contributed by atoms with Gasteiger partial charge in [-0.3, -0.25) is 4.79 Å². The number of rotatable bonds is 2. The Labute approximate surface area is 113 Å². The smallest absolute Gasteiger partial charge is 0.420 e. The topological polar surface area (TPSA) is 43.4 Å². The minimum atomic E-state index is -4.80. The highest BCUT2D eigenvalue weighted by Crippen LogP contribution is 2.58. The van der Waals surface area contributed by atoms with Crippen molar-refractivity contribution in [3.05, 3.63) is 23.3 Å². The van der Waals surface area contributed by atoms with Crippen LogP contribution in [0.2, 0.25) is 0 Å². The molecule has 3 aliphatic carbocycles. The molecule has 0 N–H and O–H groups in total. The van der Waals surface area contributed by atoms with Gasteiger partial charge >= 0.3 is 12.1 Å². The molecule has 0 aromatic heterocycles. The summed E-state index contributed by atoms with van der Waals surface area (Å²) in [5, 5.41) is 0. The van der Waals surface area contributed by atoms with Crippen molar-refractivity contribution < 1.29 is 27.5 Å². The third kappa shape index (κ3) is 1.66. The van der Waals surface area contributed by atoms with Gasteiger partial charge in [-0.15, -0.1) is 0 Å². The van der Waals surface area contributed by atoms with Crippen molar-refractivity contribution in [2.24, 2.45) is 23.7 Å². The molecule has 0 spiro atoms. The summed E-state index contributed by atoms with van der Waals surface area (Å²) < 4.78 is 44.2. The van der Waals surface area contributed by atoms with Crippen LogP contribution in [0.1, 0.15) is 13.3 Å². The van der Waals surface area contributed by atoms with E-state index in [-0.39, 0.29) is 18.4 Å². The van der Waals surface area contributed by atoms with Crippen LogP contribution in [0.15, 0.2) is 23.3 Å².